The summed E-state index contributed by atoms with van der Waals surface area (Å²) >= 11 is 3.36. The maximum atomic E-state index is 12.5. The molecule has 3 nitrogen and oxygen atoms in total. The van der Waals surface area contributed by atoms with Crippen LogP contribution < -0.4 is 5.32 Å². The number of nitrogens with one attached hydrogen (secondary N) is 1. The predicted octanol–water partition coefficient (Wildman–Crippen LogP) is 4.56. The molecule has 0 bridgehead atoms. The number of benzene rings is 3. The number of hydrogen-bond donors (Lipinski definition) is 2. The lowest BCUT2D eigenvalue weighted by Gasteiger charge is -2.10. The van der Waals surface area contributed by atoms with Gasteiger partial charge in [0.05, 0.1) is 5.56 Å². The Balaban J connectivity index is 2.03. The summed E-state index contributed by atoms with van der Waals surface area (Å²) in [6.45, 7) is 0. The Morgan fingerprint density at radius 3 is 2.62 bits per heavy atom. The molecule has 0 radical (unpaired) electrons. The van der Waals surface area contributed by atoms with Crippen LogP contribution in [0.1, 0.15) is 10.4 Å². The molecule has 2 N–H and O–H groups in total. The van der Waals surface area contributed by atoms with Gasteiger partial charge in [0.15, 0.2) is 0 Å². The van der Waals surface area contributed by atoms with Gasteiger partial charge >= 0.3 is 0 Å². The van der Waals surface area contributed by atoms with E-state index in [1.54, 1.807) is 18.2 Å². The van der Waals surface area contributed by atoms with Crippen LogP contribution in [0.5, 0.6) is 5.75 Å². The number of fused-ring (bicyclic) bond motifs is 1. The van der Waals surface area contributed by atoms with E-state index in [-0.39, 0.29) is 17.2 Å². The summed E-state index contributed by atoms with van der Waals surface area (Å²) in [6, 6.07) is 18.1. The number of halogens is 1. The van der Waals surface area contributed by atoms with Crippen LogP contribution >= 0.6 is 15.9 Å². The standard InChI is InChI=1S/C17H12BrNO2/c18-12-5-3-6-13(10-12)19-17(21)16-14-7-2-1-4-11(14)8-9-15(16)20/h1-10,20H,(H,19,21). The Morgan fingerprint density at radius 1 is 1.00 bits per heavy atom. The Bertz CT molecular complexity index is 830. The Kier molecular flexibility index (Phi) is 3.62. The normalized spacial score (nSPS) is 10.5. The number of rotatable bonds is 2. The minimum Gasteiger partial charge on any atom is -0.507 e. The fourth-order valence-electron chi connectivity index (χ4n) is 2.26. The highest BCUT2D eigenvalue weighted by Crippen LogP contribution is 2.28. The number of phenols is 1. The second-order valence-electron chi connectivity index (χ2n) is 4.65. The minimum absolute atomic E-state index is 0.0267. The molecular formula is C17H12BrNO2. The second kappa shape index (κ2) is 5.58. The summed E-state index contributed by atoms with van der Waals surface area (Å²) in [5.74, 6) is -0.358. The number of aromatic hydroxyl groups is 1. The zero-order chi connectivity index (χ0) is 14.8. The maximum Gasteiger partial charge on any atom is 0.260 e. The van der Waals surface area contributed by atoms with Gasteiger partial charge in [0.1, 0.15) is 5.75 Å². The highest BCUT2D eigenvalue weighted by molar-refractivity contribution is 9.10. The van der Waals surface area contributed by atoms with Crippen molar-refractivity contribution < 1.29 is 9.90 Å². The van der Waals surface area contributed by atoms with Crippen LogP contribution in [0.2, 0.25) is 0 Å². The summed E-state index contributed by atoms with van der Waals surface area (Å²) in [7, 11) is 0. The minimum atomic E-state index is -0.331. The third-order valence-corrected chi connectivity index (χ3v) is 3.71. The second-order valence-corrected chi connectivity index (χ2v) is 5.56. The van der Waals surface area contributed by atoms with Crippen molar-refractivity contribution in [3.8, 4) is 5.75 Å². The lowest BCUT2D eigenvalue weighted by atomic mass is 10.0. The average Bonchev–Trinajstić information content (AvgIpc) is 2.47. The smallest absolute Gasteiger partial charge is 0.260 e. The van der Waals surface area contributed by atoms with Crippen LogP contribution in [0.4, 0.5) is 5.69 Å². The number of anilines is 1. The first-order chi connectivity index (χ1) is 10.1. The van der Waals surface area contributed by atoms with Gasteiger partial charge in [-0.05, 0) is 35.0 Å². The number of carbonyl (C=O) groups is 1. The first-order valence-electron chi connectivity index (χ1n) is 6.43. The van der Waals surface area contributed by atoms with Gasteiger partial charge in [-0.3, -0.25) is 4.79 Å². The SMILES string of the molecule is O=C(Nc1cccc(Br)c1)c1c(O)ccc2ccccc12. The van der Waals surface area contributed by atoms with Crippen molar-refractivity contribution in [2.24, 2.45) is 0 Å². The summed E-state index contributed by atoms with van der Waals surface area (Å²) in [5.41, 5.74) is 0.954. The summed E-state index contributed by atoms with van der Waals surface area (Å²) in [5, 5.41) is 14.5. The molecule has 3 aromatic carbocycles. The highest BCUT2D eigenvalue weighted by atomic mass is 79.9. The van der Waals surface area contributed by atoms with Crippen LogP contribution in [0.25, 0.3) is 10.8 Å². The van der Waals surface area contributed by atoms with Crippen LogP contribution in [-0.2, 0) is 0 Å². The zero-order valence-electron chi connectivity index (χ0n) is 11.0. The third kappa shape index (κ3) is 2.76. The van der Waals surface area contributed by atoms with Crippen molar-refractivity contribution >= 4 is 38.3 Å². The quantitative estimate of drug-likeness (QED) is 0.717. The molecule has 0 aliphatic heterocycles. The number of carbonyl (C=O) groups excluding carboxylic acids is 1. The van der Waals surface area contributed by atoms with Gasteiger partial charge in [0, 0.05) is 10.2 Å². The Labute approximate surface area is 130 Å². The Hall–Kier alpha value is -2.33. The van der Waals surface area contributed by atoms with Crippen molar-refractivity contribution in [3.05, 3.63) is 70.7 Å². The maximum absolute atomic E-state index is 12.5. The van der Waals surface area contributed by atoms with Gasteiger partial charge in [-0.1, -0.05) is 52.3 Å². The number of hydrogen-bond acceptors (Lipinski definition) is 2. The van der Waals surface area contributed by atoms with Crippen LogP contribution in [-0.4, -0.2) is 11.0 Å². The molecular weight excluding hydrogens is 330 g/mol. The van der Waals surface area contributed by atoms with E-state index in [9.17, 15) is 9.90 Å². The van der Waals surface area contributed by atoms with Gasteiger partial charge in [-0.25, -0.2) is 0 Å². The molecule has 1 amide bonds. The van der Waals surface area contributed by atoms with Crippen molar-refractivity contribution in [2.45, 2.75) is 0 Å². The fraction of sp³-hybridized carbons (Fsp3) is 0. The Morgan fingerprint density at radius 2 is 1.81 bits per heavy atom. The number of amides is 1. The van der Waals surface area contributed by atoms with Crippen LogP contribution in [0, 0.1) is 0 Å². The molecule has 0 heterocycles. The van der Waals surface area contributed by atoms with Gasteiger partial charge in [0.2, 0.25) is 0 Å². The van der Waals surface area contributed by atoms with Gasteiger partial charge < -0.3 is 10.4 Å². The summed E-state index contributed by atoms with van der Waals surface area (Å²) in [4.78, 5) is 12.5. The van der Waals surface area contributed by atoms with Crippen molar-refractivity contribution in [2.75, 3.05) is 5.32 Å². The van der Waals surface area contributed by atoms with E-state index >= 15 is 0 Å². The van der Waals surface area contributed by atoms with Crippen LogP contribution in [0.15, 0.2) is 65.1 Å². The van der Waals surface area contributed by atoms with E-state index in [0.29, 0.717) is 5.69 Å². The van der Waals surface area contributed by atoms with E-state index in [1.807, 2.05) is 36.4 Å². The molecule has 0 aromatic heterocycles. The topological polar surface area (TPSA) is 49.3 Å². The molecule has 0 aliphatic carbocycles. The zero-order valence-corrected chi connectivity index (χ0v) is 12.6. The van der Waals surface area contributed by atoms with E-state index in [0.717, 1.165) is 15.2 Å². The fourth-order valence-corrected chi connectivity index (χ4v) is 2.66. The van der Waals surface area contributed by atoms with Gasteiger partial charge in [0.25, 0.3) is 5.91 Å². The molecule has 0 spiro atoms. The predicted molar refractivity (Wildman–Crippen MR) is 87.7 cm³/mol. The van der Waals surface area contributed by atoms with E-state index in [4.69, 9.17) is 0 Å². The molecule has 0 saturated heterocycles. The molecule has 4 heteroatoms. The average molecular weight is 342 g/mol. The molecule has 0 atom stereocenters. The molecule has 3 rings (SSSR count). The third-order valence-electron chi connectivity index (χ3n) is 3.22. The van der Waals surface area contributed by atoms with Crippen LogP contribution in [0.3, 0.4) is 0 Å². The molecule has 0 saturated carbocycles. The van der Waals surface area contributed by atoms with E-state index in [1.165, 1.54) is 6.07 Å². The lowest BCUT2D eigenvalue weighted by molar-refractivity contribution is 0.102. The lowest BCUT2D eigenvalue weighted by Crippen LogP contribution is -2.12. The molecule has 0 fully saturated rings. The van der Waals surface area contributed by atoms with Crippen molar-refractivity contribution in [1.82, 2.24) is 0 Å². The molecule has 3 aromatic rings. The summed E-state index contributed by atoms with van der Waals surface area (Å²) in [6.07, 6.45) is 0. The van der Waals surface area contributed by atoms with Gasteiger partial charge in [-0.15, -0.1) is 0 Å². The molecule has 0 aliphatic rings. The van der Waals surface area contributed by atoms with Crippen molar-refractivity contribution in [3.63, 3.8) is 0 Å². The van der Waals surface area contributed by atoms with Crippen molar-refractivity contribution in [1.29, 1.82) is 0 Å². The highest BCUT2D eigenvalue weighted by Gasteiger charge is 2.15. The number of phenolic OH excluding ortho intramolecular Hbond substituents is 1. The summed E-state index contributed by atoms with van der Waals surface area (Å²) < 4.78 is 0.877. The monoisotopic (exact) mass is 341 g/mol. The first-order valence-corrected chi connectivity index (χ1v) is 7.22. The molecule has 21 heavy (non-hydrogen) atoms. The largest absolute Gasteiger partial charge is 0.507 e. The van der Waals surface area contributed by atoms with E-state index in [2.05, 4.69) is 21.2 Å². The molecule has 0 unspecified atom stereocenters. The first kappa shape index (κ1) is 13.6. The molecule has 104 valence electrons. The van der Waals surface area contributed by atoms with Gasteiger partial charge in [-0.2, -0.15) is 0 Å². The van der Waals surface area contributed by atoms with E-state index < -0.39 is 0 Å².